The molecule has 0 radical (unpaired) electrons. The first-order chi connectivity index (χ1) is 9.43. The Labute approximate surface area is 118 Å². The molecule has 0 saturated carbocycles. The number of rotatable bonds is 3. The summed E-state index contributed by atoms with van der Waals surface area (Å²) in [5.41, 5.74) is 7.33. The van der Waals surface area contributed by atoms with Crippen LogP contribution in [-0.4, -0.2) is 18.0 Å². The molecule has 7 heteroatoms. The minimum atomic E-state index is -0.514. The van der Waals surface area contributed by atoms with E-state index in [1.54, 1.807) is 25.1 Å². The van der Waals surface area contributed by atoms with Gasteiger partial charge >= 0.3 is 5.97 Å². The fourth-order valence-electron chi connectivity index (χ4n) is 1.76. The van der Waals surface area contributed by atoms with Crippen LogP contribution in [0.5, 0.6) is 0 Å². The summed E-state index contributed by atoms with van der Waals surface area (Å²) in [5, 5.41) is 10.9. The number of methoxy groups -OCH3 is 1. The maximum absolute atomic E-state index is 11.5. The van der Waals surface area contributed by atoms with Gasteiger partial charge in [0.2, 0.25) is 0 Å². The lowest BCUT2D eigenvalue weighted by atomic mass is 10.1. The highest BCUT2D eigenvalue weighted by Gasteiger charge is 2.18. The van der Waals surface area contributed by atoms with E-state index < -0.39 is 10.9 Å². The van der Waals surface area contributed by atoms with Crippen molar-refractivity contribution in [2.24, 2.45) is 0 Å². The number of thiophene rings is 1. The molecule has 0 amide bonds. The molecule has 0 bridgehead atoms. The molecule has 1 aromatic carbocycles. The Hall–Kier alpha value is -2.41. The Morgan fingerprint density at radius 3 is 2.70 bits per heavy atom. The molecule has 2 N–H and O–H groups in total. The molecule has 0 spiro atoms. The number of hydrogen-bond donors (Lipinski definition) is 1. The van der Waals surface area contributed by atoms with E-state index in [1.165, 1.54) is 13.2 Å². The number of nitro benzene ring substituents is 1. The third kappa shape index (κ3) is 2.48. The van der Waals surface area contributed by atoms with E-state index in [0.29, 0.717) is 26.6 Å². The molecular formula is C13H12N2O4S. The largest absolute Gasteiger partial charge is 0.465 e. The third-order valence-corrected chi connectivity index (χ3v) is 4.00. The minimum absolute atomic E-state index is 0.0362. The first-order valence-corrected chi connectivity index (χ1v) is 6.48. The van der Waals surface area contributed by atoms with Crippen LogP contribution >= 0.6 is 11.3 Å². The summed E-state index contributed by atoms with van der Waals surface area (Å²) >= 11 is 1.15. The van der Waals surface area contributed by atoms with Crippen LogP contribution in [0.15, 0.2) is 24.3 Å². The number of carbonyl (C=O) groups excluding carboxylic acids is 1. The minimum Gasteiger partial charge on any atom is -0.465 e. The topological polar surface area (TPSA) is 95.5 Å². The van der Waals surface area contributed by atoms with Crippen molar-refractivity contribution in [3.05, 3.63) is 44.8 Å². The monoisotopic (exact) mass is 292 g/mol. The Morgan fingerprint density at radius 2 is 2.10 bits per heavy atom. The molecule has 0 fully saturated rings. The van der Waals surface area contributed by atoms with E-state index in [1.807, 2.05) is 0 Å². The molecular weight excluding hydrogens is 280 g/mol. The highest BCUT2D eigenvalue weighted by atomic mass is 32.1. The summed E-state index contributed by atoms with van der Waals surface area (Å²) < 4.78 is 4.63. The van der Waals surface area contributed by atoms with Crippen LogP contribution in [0.25, 0.3) is 10.4 Å². The molecule has 0 unspecified atom stereocenters. The fourth-order valence-corrected chi connectivity index (χ4v) is 2.75. The quantitative estimate of drug-likeness (QED) is 0.533. The van der Waals surface area contributed by atoms with E-state index in [4.69, 9.17) is 5.73 Å². The molecule has 0 saturated heterocycles. The first-order valence-electron chi connectivity index (χ1n) is 5.67. The summed E-state index contributed by atoms with van der Waals surface area (Å²) in [6, 6.07) is 6.52. The second kappa shape index (κ2) is 5.30. The zero-order chi connectivity index (χ0) is 14.9. The smallest absolute Gasteiger partial charge is 0.350 e. The number of anilines is 1. The van der Waals surface area contributed by atoms with Gasteiger partial charge < -0.3 is 10.5 Å². The van der Waals surface area contributed by atoms with Crippen LogP contribution in [-0.2, 0) is 4.74 Å². The maximum atomic E-state index is 11.5. The van der Waals surface area contributed by atoms with E-state index in [-0.39, 0.29) is 5.69 Å². The van der Waals surface area contributed by atoms with Crippen molar-refractivity contribution in [1.82, 2.24) is 0 Å². The van der Waals surface area contributed by atoms with Crippen LogP contribution in [0.3, 0.4) is 0 Å². The van der Waals surface area contributed by atoms with Gasteiger partial charge in [-0.1, -0.05) is 12.1 Å². The van der Waals surface area contributed by atoms with Crippen LogP contribution < -0.4 is 5.73 Å². The fraction of sp³-hybridized carbons (Fsp3) is 0.154. The number of nitrogens with two attached hydrogens (primary N) is 1. The average molecular weight is 292 g/mol. The van der Waals surface area contributed by atoms with Gasteiger partial charge in [0, 0.05) is 16.5 Å². The molecule has 6 nitrogen and oxygen atoms in total. The molecule has 0 aliphatic carbocycles. The number of esters is 1. The number of hydrogen-bond acceptors (Lipinski definition) is 6. The highest BCUT2D eigenvalue weighted by molar-refractivity contribution is 7.18. The predicted molar refractivity (Wildman–Crippen MR) is 76.9 cm³/mol. The normalized spacial score (nSPS) is 10.3. The number of benzene rings is 1. The van der Waals surface area contributed by atoms with Gasteiger partial charge in [0.25, 0.3) is 5.69 Å². The van der Waals surface area contributed by atoms with Crippen molar-refractivity contribution in [2.75, 3.05) is 12.8 Å². The van der Waals surface area contributed by atoms with Gasteiger partial charge in [-0.3, -0.25) is 10.1 Å². The first kappa shape index (κ1) is 14.0. The molecule has 0 aliphatic heterocycles. The molecule has 2 aromatic rings. The number of nitrogens with zero attached hydrogens (tertiary/aromatic N) is 1. The van der Waals surface area contributed by atoms with Crippen LogP contribution in [0.2, 0.25) is 0 Å². The number of carbonyl (C=O) groups is 1. The summed E-state index contributed by atoms with van der Waals surface area (Å²) in [4.78, 5) is 23.0. The average Bonchev–Trinajstić information content (AvgIpc) is 2.80. The van der Waals surface area contributed by atoms with Crippen molar-refractivity contribution in [1.29, 1.82) is 0 Å². The summed E-state index contributed by atoms with van der Waals surface area (Å²) in [6.07, 6.45) is 0. The Kier molecular flexibility index (Phi) is 3.71. The second-order valence-corrected chi connectivity index (χ2v) is 5.20. The summed E-state index contributed by atoms with van der Waals surface area (Å²) in [5.74, 6) is -0.514. The van der Waals surface area contributed by atoms with E-state index >= 15 is 0 Å². The zero-order valence-electron chi connectivity index (χ0n) is 10.9. The van der Waals surface area contributed by atoms with E-state index in [2.05, 4.69) is 4.74 Å². The van der Waals surface area contributed by atoms with Gasteiger partial charge in [-0.15, -0.1) is 11.3 Å². The Morgan fingerprint density at radius 1 is 1.40 bits per heavy atom. The number of ether oxygens (including phenoxy) is 1. The third-order valence-electron chi connectivity index (χ3n) is 2.82. The molecule has 0 aliphatic rings. The Bertz CT molecular complexity index is 694. The Balaban J connectivity index is 2.50. The van der Waals surface area contributed by atoms with Gasteiger partial charge in [-0.25, -0.2) is 4.79 Å². The molecule has 20 heavy (non-hydrogen) atoms. The van der Waals surface area contributed by atoms with Crippen molar-refractivity contribution >= 4 is 28.7 Å². The zero-order valence-corrected chi connectivity index (χ0v) is 11.7. The van der Waals surface area contributed by atoms with Crippen molar-refractivity contribution in [2.45, 2.75) is 6.92 Å². The van der Waals surface area contributed by atoms with Gasteiger partial charge in [-0.2, -0.15) is 0 Å². The molecule has 1 heterocycles. The van der Waals surface area contributed by atoms with Crippen LogP contribution in [0.4, 0.5) is 11.4 Å². The molecule has 104 valence electrons. The van der Waals surface area contributed by atoms with Crippen molar-refractivity contribution < 1.29 is 14.5 Å². The molecule has 1 aromatic heterocycles. The summed E-state index contributed by atoms with van der Waals surface area (Å²) in [6.45, 7) is 1.67. The van der Waals surface area contributed by atoms with Gasteiger partial charge in [0.05, 0.1) is 17.7 Å². The lowest BCUT2D eigenvalue weighted by Crippen LogP contribution is -2.00. The predicted octanol–water partition coefficient (Wildman–Crippen LogP) is 3.00. The van der Waals surface area contributed by atoms with E-state index in [9.17, 15) is 14.9 Å². The van der Waals surface area contributed by atoms with Crippen LogP contribution in [0, 0.1) is 17.0 Å². The lowest BCUT2D eigenvalue weighted by molar-refractivity contribution is -0.385. The van der Waals surface area contributed by atoms with Gasteiger partial charge in [-0.05, 0) is 18.6 Å². The highest BCUT2D eigenvalue weighted by Crippen LogP contribution is 2.35. The van der Waals surface area contributed by atoms with Crippen molar-refractivity contribution in [3.8, 4) is 10.4 Å². The van der Waals surface area contributed by atoms with Crippen LogP contribution in [0.1, 0.15) is 15.2 Å². The van der Waals surface area contributed by atoms with Gasteiger partial charge in [0.1, 0.15) is 4.88 Å². The molecule has 0 atom stereocenters. The lowest BCUT2D eigenvalue weighted by Gasteiger charge is -2.00. The number of nitro groups is 1. The number of aryl methyl sites for hydroxylation is 1. The van der Waals surface area contributed by atoms with E-state index in [0.717, 1.165) is 11.3 Å². The number of nitrogen functional groups attached to an aromatic ring is 1. The van der Waals surface area contributed by atoms with Crippen molar-refractivity contribution in [3.63, 3.8) is 0 Å². The van der Waals surface area contributed by atoms with Gasteiger partial charge in [0.15, 0.2) is 0 Å². The SMILES string of the molecule is COC(=O)c1sc(-c2ccc(C)c([N+](=O)[O-])c2)cc1N. The second-order valence-electron chi connectivity index (χ2n) is 4.15. The maximum Gasteiger partial charge on any atom is 0.350 e. The molecule has 2 rings (SSSR count). The summed E-state index contributed by atoms with van der Waals surface area (Å²) in [7, 11) is 1.28. The standard InChI is InChI=1S/C13H12N2O4S/c1-7-3-4-8(5-10(7)15(17)18)11-6-9(14)12(20-11)13(16)19-2/h3-6H,14H2,1-2H3.